The van der Waals surface area contributed by atoms with E-state index < -0.39 is 16.1 Å². The number of nitrogens with two attached hydrogens (primary N) is 1. The molecule has 35 heavy (non-hydrogen) atoms. The summed E-state index contributed by atoms with van der Waals surface area (Å²) >= 11 is 0. The molecule has 4 N–H and O–H groups in total. The maximum atomic E-state index is 13.5. The van der Waals surface area contributed by atoms with Crippen molar-refractivity contribution in [3.63, 3.8) is 0 Å². The second kappa shape index (κ2) is 13.3. The van der Waals surface area contributed by atoms with Crippen molar-refractivity contribution in [2.75, 3.05) is 58.2 Å². The lowest BCUT2D eigenvalue weighted by Crippen LogP contribution is -2.51. The van der Waals surface area contributed by atoms with E-state index in [1.807, 2.05) is 44.2 Å². The number of sulfonamides is 1. The van der Waals surface area contributed by atoms with E-state index in [-0.39, 0.29) is 23.4 Å². The summed E-state index contributed by atoms with van der Waals surface area (Å²) in [4.78, 5) is 2.51. The van der Waals surface area contributed by atoms with Crippen molar-refractivity contribution >= 4 is 15.7 Å². The van der Waals surface area contributed by atoms with Crippen LogP contribution in [0.4, 0.5) is 5.69 Å². The highest BCUT2D eigenvalue weighted by atomic mass is 32.2. The summed E-state index contributed by atoms with van der Waals surface area (Å²) in [5.41, 5.74) is 7.35. The van der Waals surface area contributed by atoms with E-state index in [1.165, 1.54) is 16.4 Å². The molecule has 0 saturated carbocycles. The van der Waals surface area contributed by atoms with E-state index in [0.29, 0.717) is 25.2 Å². The van der Waals surface area contributed by atoms with Gasteiger partial charge in [0.15, 0.2) is 0 Å². The molecule has 2 aromatic carbocycles. The fourth-order valence-corrected chi connectivity index (χ4v) is 5.87. The third-order valence-corrected chi connectivity index (χ3v) is 8.02. The Morgan fingerprint density at radius 3 is 2.34 bits per heavy atom. The van der Waals surface area contributed by atoms with Gasteiger partial charge in [0.1, 0.15) is 0 Å². The SMILES string of the molecule is CC(C)CN(C[C@@H](O)[C@H](Cc1ccccc1)NCCN1CCOCC1)S(=O)(=O)c1ccc(N)cc1. The predicted molar refractivity (Wildman–Crippen MR) is 140 cm³/mol. The Morgan fingerprint density at radius 2 is 1.71 bits per heavy atom. The Labute approximate surface area is 210 Å². The van der Waals surface area contributed by atoms with Crippen LogP contribution in [0.1, 0.15) is 19.4 Å². The molecular weight excluding hydrogens is 464 g/mol. The van der Waals surface area contributed by atoms with Crippen LogP contribution >= 0.6 is 0 Å². The lowest BCUT2D eigenvalue weighted by Gasteiger charge is -2.32. The van der Waals surface area contributed by atoms with Gasteiger partial charge in [0.2, 0.25) is 10.0 Å². The minimum Gasteiger partial charge on any atom is -0.399 e. The molecular formula is C26H40N4O4S. The lowest BCUT2D eigenvalue weighted by atomic mass is 10.0. The number of benzene rings is 2. The monoisotopic (exact) mass is 504 g/mol. The van der Waals surface area contributed by atoms with Crippen LogP contribution < -0.4 is 11.1 Å². The van der Waals surface area contributed by atoms with Crippen LogP contribution in [0.15, 0.2) is 59.5 Å². The quantitative estimate of drug-likeness (QED) is 0.357. The van der Waals surface area contributed by atoms with Gasteiger partial charge in [-0.3, -0.25) is 4.90 Å². The van der Waals surface area contributed by atoms with E-state index >= 15 is 0 Å². The molecule has 0 amide bonds. The number of hydrogen-bond donors (Lipinski definition) is 3. The number of nitrogens with one attached hydrogen (secondary N) is 1. The first kappa shape index (κ1) is 27.6. The van der Waals surface area contributed by atoms with Gasteiger partial charge in [-0.1, -0.05) is 44.2 Å². The van der Waals surface area contributed by atoms with E-state index in [2.05, 4.69) is 10.2 Å². The number of anilines is 1. The summed E-state index contributed by atoms with van der Waals surface area (Å²) in [7, 11) is -3.78. The summed E-state index contributed by atoms with van der Waals surface area (Å²) < 4.78 is 33.7. The van der Waals surface area contributed by atoms with Gasteiger partial charge in [-0.15, -0.1) is 0 Å². The van der Waals surface area contributed by atoms with E-state index in [0.717, 1.165) is 38.4 Å². The fraction of sp³-hybridized carbons (Fsp3) is 0.538. The Hall–Kier alpha value is -2.01. The first-order chi connectivity index (χ1) is 16.8. The Bertz CT molecular complexity index is 980. The maximum Gasteiger partial charge on any atom is 0.243 e. The van der Waals surface area contributed by atoms with Crippen LogP contribution in [0.2, 0.25) is 0 Å². The molecule has 0 spiro atoms. The average molecular weight is 505 g/mol. The van der Waals surface area contributed by atoms with E-state index in [9.17, 15) is 13.5 Å². The molecule has 0 aliphatic carbocycles. The van der Waals surface area contributed by atoms with Crippen molar-refractivity contribution in [2.24, 2.45) is 5.92 Å². The highest BCUT2D eigenvalue weighted by Crippen LogP contribution is 2.20. The minimum atomic E-state index is -3.78. The van der Waals surface area contributed by atoms with Gasteiger partial charge in [-0.05, 0) is 42.2 Å². The summed E-state index contributed by atoms with van der Waals surface area (Å²) in [6.07, 6.45) is -0.287. The number of aliphatic hydroxyl groups excluding tert-OH is 1. The second-order valence-corrected chi connectivity index (χ2v) is 11.5. The molecule has 0 radical (unpaired) electrons. The number of hydrogen-bond acceptors (Lipinski definition) is 7. The number of aliphatic hydroxyl groups is 1. The van der Waals surface area contributed by atoms with Crippen LogP contribution in [-0.4, -0.2) is 87.4 Å². The zero-order chi connectivity index (χ0) is 25.3. The normalized spacial score (nSPS) is 17.1. The molecule has 1 aliphatic rings. The van der Waals surface area contributed by atoms with Crippen molar-refractivity contribution < 1.29 is 18.3 Å². The van der Waals surface area contributed by atoms with Crippen LogP contribution in [0.3, 0.4) is 0 Å². The number of ether oxygens (including phenoxy) is 1. The van der Waals surface area contributed by atoms with Gasteiger partial charge in [0.25, 0.3) is 0 Å². The zero-order valence-corrected chi connectivity index (χ0v) is 21.7. The Morgan fingerprint density at radius 1 is 1.06 bits per heavy atom. The molecule has 194 valence electrons. The molecule has 1 heterocycles. The molecule has 2 atom stereocenters. The Kier molecular flexibility index (Phi) is 10.5. The maximum absolute atomic E-state index is 13.5. The third-order valence-electron chi connectivity index (χ3n) is 6.18. The number of morpholine rings is 1. The topological polar surface area (TPSA) is 108 Å². The van der Waals surface area contributed by atoms with E-state index in [1.54, 1.807) is 12.1 Å². The molecule has 1 fully saturated rings. The van der Waals surface area contributed by atoms with Crippen molar-refractivity contribution in [1.82, 2.24) is 14.5 Å². The van der Waals surface area contributed by atoms with Gasteiger partial charge in [-0.2, -0.15) is 4.31 Å². The molecule has 9 heteroatoms. The van der Waals surface area contributed by atoms with Gasteiger partial charge in [0, 0.05) is 51.0 Å². The molecule has 0 bridgehead atoms. The number of nitrogens with zero attached hydrogens (tertiary/aromatic N) is 2. The van der Waals surface area contributed by atoms with Crippen molar-refractivity contribution in [2.45, 2.75) is 37.3 Å². The van der Waals surface area contributed by atoms with Crippen LogP contribution in [-0.2, 0) is 21.2 Å². The van der Waals surface area contributed by atoms with Crippen molar-refractivity contribution in [3.8, 4) is 0 Å². The molecule has 1 saturated heterocycles. The second-order valence-electron chi connectivity index (χ2n) is 9.56. The van der Waals surface area contributed by atoms with Crippen LogP contribution in [0.5, 0.6) is 0 Å². The highest BCUT2D eigenvalue weighted by Gasteiger charge is 2.30. The zero-order valence-electron chi connectivity index (χ0n) is 20.8. The molecule has 0 unspecified atom stereocenters. The number of nitrogen functional groups attached to an aromatic ring is 1. The average Bonchev–Trinajstić information content (AvgIpc) is 2.84. The molecule has 3 rings (SSSR count). The largest absolute Gasteiger partial charge is 0.399 e. The molecule has 2 aromatic rings. The van der Waals surface area contributed by atoms with Gasteiger partial charge < -0.3 is 20.9 Å². The van der Waals surface area contributed by atoms with Crippen molar-refractivity contribution in [3.05, 3.63) is 60.2 Å². The first-order valence-corrected chi connectivity index (χ1v) is 13.8. The third kappa shape index (κ3) is 8.56. The standard InChI is InChI=1S/C26H40N4O4S/c1-21(2)19-30(35(32,33)24-10-8-23(27)9-11-24)20-26(31)25(18-22-6-4-3-5-7-22)28-12-13-29-14-16-34-17-15-29/h3-11,21,25-26,28,31H,12-20,27H2,1-2H3/t25-,26+/m0/s1. The lowest BCUT2D eigenvalue weighted by molar-refractivity contribution is 0.0366. The molecule has 0 aromatic heterocycles. The Balaban J connectivity index is 1.74. The van der Waals surface area contributed by atoms with E-state index in [4.69, 9.17) is 10.5 Å². The van der Waals surface area contributed by atoms with Crippen molar-refractivity contribution in [1.29, 1.82) is 0 Å². The summed E-state index contributed by atoms with van der Waals surface area (Å²) in [5, 5.41) is 14.8. The molecule has 8 nitrogen and oxygen atoms in total. The smallest absolute Gasteiger partial charge is 0.243 e. The van der Waals surface area contributed by atoms with Gasteiger partial charge in [-0.25, -0.2) is 8.42 Å². The minimum absolute atomic E-state index is 0.00689. The van der Waals surface area contributed by atoms with Gasteiger partial charge in [0.05, 0.1) is 24.2 Å². The fourth-order valence-electron chi connectivity index (χ4n) is 4.25. The predicted octanol–water partition coefficient (Wildman–Crippen LogP) is 1.81. The molecule has 1 aliphatic heterocycles. The van der Waals surface area contributed by atoms with Gasteiger partial charge >= 0.3 is 0 Å². The summed E-state index contributed by atoms with van der Waals surface area (Å²) in [6.45, 7) is 9.09. The first-order valence-electron chi connectivity index (χ1n) is 12.4. The van der Waals surface area contributed by atoms with Crippen LogP contribution in [0, 0.1) is 5.92 Å². The van der Waals surface area contributed by atoms with Crippen LogP contribution in [0.25, 0.3) is 0 Å². The number of rotatable bonds is 13. The summed E-state index contributed by atoms with van der Waals surface area (Å²) in [6, 6.07) is 15.9. The summed E-state index contributed by atoms with van der Waals surface area (Å²) in [5.74, 6) is 0.104. The highest BCUT2D eigenvalue weighted by molar-refractivity contribution is 7.89.